The van der Waals surface area contributed by atoms with Crippen molar-refractivity contribution in [1.29, 1.82) is 0 Å². The van der Waals surface area contributed by atoms with Crippen molar-refractivity contribution in [3.8, 4) is 16.8 Å². The van der Waals surface area contributed by atoms with Crippen LogP contribution in [0.3, 0.4) is 0 Å². The summed E-state index contributed by atoms with van der Waals surface area (Å²) in [6, 6.07) is 61.4. The fraction of sp³-hybridized carbons (Fsp3) is 0.115. The molecule has 0 bridgehead atoms. The van der Waals surface area contributed by atoms with Crippen LogP contribution >= 0.6 is 0 Å². The van der Waals surface area contributed by atoms with Crippen LogP contribution in [-0.4, -0.2) is 12.6 Å². The van der Waals surface area contributed by atoms with Crippen LogP contribution in [0.1, 0.15) is 25.0 Å². The van der Waals surface area contributed by atoms with Crippen molar-refractivity contribution < 1.29 is 0 Å². The van der Waals surface area contributed by atoms with E-state index in [-0.39, 0.29) is 5.41 Å². The lowest BCUT2D eigenvalue weighted by atomic mass is 9.80. The summed E-state index contributed by atoms with van der Waals surface area (Å²) in [5.74, 6) is 0. The van der Waals surface area contributed by atoms with Gasteiger partial charge in [-0.1, -0.05) is 136 Å². The summed E-state index contributed by atoms with van der Waals surface area (Å²) in [6.07, 6.45) is 0. The largest absolute Gasteiger partial charge is 0.310 e. The SMILES string of the molecule is CC1(C)c2cc(N(c3ccccc3)c3ccccc3)ccc2-c2c1cc1ccc3c4c(ccc2c14)cc1c3c2ccccc2n1-c1cccc([Si](C)(C)C)c1. The minimum atomic E-state index is -1.51. The topological polar surface area (TPSA) is 8.17 Å². The molecule has 0 saturated carbocycles. The molecule has 0 spiro atoms. The molecule has 0 unspecified atom stereocenters. The van der Waals surface area contributed by atoms with Gasteiger partial charge in [-0.2, -0.15) is 0 Å². The van der Waals surface area contributed by atoms with E-state index < -0.39 is 8.07 Å². The van der Waals surface area contributed by atoms with Gasteiger partial charge in [0.1, 0.15) is 0 Å². The first-order chi connectivity index (χ1) is 26.7. The van der Waals surface area contributed by atoms with Crippen LogP contribution in [0.25, 0.3) is 70.9 Å². The van der Waals surface area contributed by atoms with Crippen molar-refractivity contribution in [1.82, 2.24) is 4.57 Å². The quantitative estimate of drug-likeness (QED) is 0.127. The van der Waals surface area contributed by atoms with E-state index in [1.165, 1.54) is 92.9 Å². The molecule has 0 radical (unpaired) electrons. The van der Waals surface area contributed by atoms with Crippen LogP contribution in [0, 0.1) is 0 Å². The molecular formula is C52H42N2Si. The van der Waals surface area contributed by atoms with Gasteiger partial charge in [0.15, 0.2) is 0 Å². The van der Waals surface area contributed by atoms with Gasteiger partial charge in [0.05, 0.1) is 19.1 Å². The molecule has 0 aliphatic heterocycles. The number of hydrogen-bond donors (Lipinski definition) is 0. The van der Waals surface area contributed by atoms with Crippen molar-refractivity contribution in [2.75, 3.05) is 4.90 Å². The van der Waals surface area contributed by atoms with Crippen molar-refractivity contribution in [2.24, 2.45) is 0 Å². The summed E-state index contributed by atoms with van der Waals surface area (Å²) in [4.78, 5) is 2.38. The zero-order valence-corrected chi connectivity index (χ0v) is 33.0. The fourth-order valence-corrected chi connectivity index (χ4v) is 10.9. The third kappa shape index (κ3) is 4.60. The third-order valence-electron chi connectivity index (χ3n) is 12.4. The highest BCUT2D eigenvalue weighted by molar-refractivity contribution is 6.88. The molecule has 0 saturated heterocycles. The maximum Gasteiger partial charge on any atom is 0.0776 e. The molecule has 1 aliphatic carbocycles. The van der Waals surface area contributed by atoms with Crippen LogP contribution in [0.2, 0.25) is 19.6 Å². The average molecular weight is 723 g/mol. The van der Waals surface area contributed by atoms with E-state index in [1.54, 1.807) is 0 Å². The second-order valence-electron chi connectivity index (χ2n) is 17.0. The predicted octanol–water partition coefficient (Wildman–Crippen LogP) is 14.0. The summed E-state index contributed by atoms with van der Waals surface area (Å²) in [5, 5.41) is 12.1. The summed E-state index contributed by atoms with van der Waals surface area (Å²) in [5.41, 5.74) is 12.6. The van der Waals surface area contributed by atoms with Crippen molar-refractivity contribution in [3.05, 3.63) is 175 Å². The lowest BCUT2D eigenvalue weighted by molar-refractivity contribution is 0.661. The first kappa shape index (κ1) is 32.3. The maximum atomic E-state index is 2.50. The lowest BCUT2D eigenvalue weighted by Gasteiger charge is -2.28. The Morgan fingerprint density at radius 3 is 1.85 bits per heavy atom. The molecule has 55 heavy (non-hydrogen) atoms. The minimum Gasteiger partial charge on any atom is -0.310 e. The van der Waals surface area contributed by atoms with Gasteiger partial charge < -0.3 is 9.47 Å². The zero-order chi connectivity index (χ0) is 37.2. The first-order valence-electron chi connectivity index (χ1n) is 19.5. The van der Waals surface area contributed by atoms with E-state index in [1.807, 2.05) is 0 Å². The number of hydrogen-bond acceptors (Lipinski definition) is 1. The van der Waals surface area contributed by atoms with Crippen molar-refractivity contribution in [2.45, 2.75) is 38.9 Å². The second-order valence-corrected chi connectivity index (χ2v) is 22.1. The summed E-state index contributed by atoms with van der Waals surface area (Å²) >= 11 is 0. The molecule has 11 rings (SSSR count). The van der Waals surface area contributed by atoms with Crippen LogP contribution in [-0.2, 0) is 5.41 Å². The molecular weight excluding hydrogens is 681 g/mol. The number of benzene rings is 9. The highest BCUT2D eigenvalue weighted by atomic mass is 28.3. The summed E-state index contributed by atoms with van der Waals surface area (Å²) in [6.45, 7) is 12.1. The lowest BCUT2D eigenvalue weighted by Crippen LogP contribution is -2.37. The molecule has 0 atom stereocenters. The molecule has 9 aromatic carbocycles. The van der Waals surface area contributed by atoms with Crippen LogP contribution in [0.5, 0.6) is 0 Å². The Balaban J connectivity index is 1.16. The predicted molar refractivity (Wildman–Crippen MR) is 240 cm³/mol. The fourth-order valence-electron chi connectivity index (χ4n) is 9.73. The van der Waals surface area contributed by atoms with E-state index in [0.29, 0.717) is 0 Å². The van der Waals surface area contributed by atoms with Gasteiger partial charge in [0.25, 0.3) is 0 Å². The molecule has 264 valence electrons. The summed E-state index contributed by atoms with van der Waals surface area (Å²) < 4.78 is 2.50. The van der Waals surface area contributed by atoms with Gasteiger partial charge in [-0.15, -0.1) is 0 Å². The minimum absolute atomic E-state index is 0.171. The molecule has 1 aromatic heterocycles. The maximum absolute atomic E-state index is 2.50. The van der Waals surface area contributed by atoms with E-state index >= 15 is 0 Å². The van der Waals surface area contributed by atoms with Gasteiger partial charge in [-0.05, 0) is 121 Å². The molecule has 0 amide bonds. The first-order valence-corrected chi connectivity index (χ1v) is 23.0. The van der Waals surface area contributed by atoms with Crippen molar-refractivity contribution in [3.63, 3.8) is 0 Å². The Kier molecular flexibility index (Phi) is 6.71. The van der Waals surface area contributed by atoms with Gasteiger partial charge in [0, 0.05) is 38.9 Å². The van der Waals surface area contributed by atoms with Crippen LogP contribution in [0.4, 0.5) is 17.1 Å². The molecule has 2 nitrogen and oxygen atoms in total. The Morgan fingerprint density at radius 2 is 1.13 bits per heavy atom. The van der Waals surface area contributed by atoms with E-state index in [0.717, 1.165) is 11.4 Å². The van der Waals surface area contributed by atoms with Gasteiger partial charge in [-0.25, -0.2) is 0 Å². The standard InChI is InChI=1S/C52H42N2Si/c1-52(2)44-32-38(53(35-15-8-6-9-16-35)36-17-10-7-11-18-36)25-28-40(44)50-42-26-24-34-30-47-51(43-27-23-33(29-45(50)52)48(42)49(34)43)41-21-12-13-22-46(41)54(47)37-19-14-20-39(31-37)55(3,4)5/h6-32H,1-5H3. The highest BCUT2D eigenvalue weighted by Gasteiger charge is 2.38. The monoisotopic (exact) mass is 722 g/mol. The number of para-hydroxylation sites is 3. The molecule has 0 fully saturated rings. The highest BCUT2D eigenvalue weighted by Crippen LogP contribution is 2.55. The van der Waals surface area contributed by atoms with E-state index in [4.69, 9.17) is 0 Å². The van der Waals surface area contributed by atoms with Gasteiger partial charge in [-0.3, -0.25) is 0 Å². The number of anilines is 3. The smallest absolute Gasteiger partial charge is 0.0776 e. The molecule has 1 heterocycles. The number of rotatable bonds is 5. The van der Waals surface area contributed by atoms with Gasteiger partial charge in [0.2, 0.25) is 0 Å². The Labute approximate surface area is 323 Å². The molecule has 3 heteroatoms. The normalized spacial score (nSPS) is 13.7. The van der Waals surface area contributed by atoms with E-state index in [9.17, 15) is 0 Å². The average Bonchev–Trinajstić information content (AvgIpc) is 3.65. The number of fused-ring (bicyclic) bond motifs is 8. The Bertz CT molecular complexity index is 3110. The second kappa shape index (κ2) is 11.4. The third-order valence-corrected chi connectivity index (χ3v) is 14.5. The summed E-state index contributed by atoms with van der Waals surface area (Å²) in [7, 11) is -1.51. The van der Waals surface area contributed by atoms with E-state index in [2.05, 4.69) is 207 Å². The Morgan fingerprint density at radius 1 is 0.473 bits per heavy atom. The van der Waals surface area contributed by atoms with Crippen LogP contribution < -0.4 is 10.1 Å². The number of aromatic nitrogens is 1. The zero-order valence-electron chi connectivity index (χ0n) is 32.0. The molecule has 1 aliphatic rings. The van der Waals surface area contributed by atoms with Crippen LogP contribution in [0.15, 0.2) is 164 Å². The molecule has 10 aromatic rings. The molecule has 0 N–H and O–H groups in total. The Hall–Kier alpha value is -6.16. The van der Waals surface area contributed by atoms with Crippen molar-refractivity contribution >= 4 is 84.4 Å². The number of nitrogens with zero attached hydrogens (tertiary/aromatic N) is 2. The van der Waals surface area contributed by atoms with Gasteiger partial charge >= 0.3 is 0 Å².